The lowest BCUT2D eigenvalue weighted by Gasteiger charge is -2.28. The van der Waals surface area contributed by atoms with Crippen molar-refractivity contribution in [3.63, 3.8) is 0 Å². The van der Waals surface area contributed by atoms with Gasteiger partial charge in [0, 0.05) is 30.4 Å². The van der Waals surface area contributed by atoms with Gasteiger partial charge in [-0.25, -0.2) is 0 Å². The molecule has 134 valence electrons. The van der Waals surface area contributed by atoms with Gasteiger partial charge in [-0.1, -0.05) is 6.92 Å². The number of nitrogens with zero attached hydrogens (tertiary/aromatic N) is 1. The zero-order valence-corrected chi connectivity index (χ0v) is 15.0. The molecule has 0 bridgehead atoms. The maximum Gasteiger partial charge on any atom is 0.275 e. The Labute approximate surface area is 146 Å². The van der Waals surface area contributed by atoms with Gasteiger partial charge in [0.15, 0.2) is 17.3 Å². The van der Waals surface area contributed by atoms with E-state index in [-0.39, 0.29) is 42.3 Å². The van der Waals surface area contributed by atoms with Crippen molar-refractivity contribution in [2.24, 2.45) is 5.92 Å². The lowest BCUT2D eigenvalue weighted by molar-refractivity contribution is -0.386. The Bertz CT molecular complexity index is 748. The minimum Gasteiger partial charge on any atom is -0.298 e. The van der Waals surface area contributed by atoms with E-state index < -0.39 is 16.8 Å². The number of rotatable bonds is 5. The lowest BCUT2D eigenvalue weighted by atomic mass is 9.72. The fraction of sp³-hybridized carbons (Fsp3) is 0.526. The van der Waals surface area contributed by atoms with Crippen LogP contribution in [-0.4, -0.2) is 22.3 Å². The van der Waals surface area contributed by atoms with Crippen molar-refractivity contribution in [2.75, 3.05) is 0 Å². The summed E-state index contributed by atoms with van der Waals surface area (Å²) in [7, 11) is 0. The molecule has 1 aromatic rings. The van der Waals surface area contributed by atoms with Crippen molar-refractivity contribution >= 4 is 23.0 Å². The van der Waals surface area contributed by atoms with Gasteiger partial charge < -0.3 is 0 Å². The quantitative estimate of drug-likeness (QED) is 0.462. The predicted molar refractivity (Wildman–Crippen MR) is 92.7 cm³/mol. The molecule has 0 heterocycles. The Morgan fingerprint density at radius 1 is 1.16 bits per heavy atom. The highest BCUT2D eigenvalue weighted by atomic mass is 16.6. The Balaban J connectivity index is 2.41. The molecule has 0 N–H and O–H groups in total. The first-order valence-electron chi connectivity index (χ1n) is 8.52. The highest BCUT2D eigenvalue weighted by Crippen LogP contribution is 2.39. The van der Waals surface area contributed by atoms with E-state index in [4.69, 9.17) is 0 Å². The number of hydrogen-bond donors (Lipinski definition) is 0. The van der Waals surface area contributed by atoms with E-state index in [0.717, 1.165) is 5.56 Å². The summed E-state index contributed by atoms with van der Waals surface area (Å²) in [5.74, 6) is -2.56. The predicted octanol–water partition coefficient (Wildman–Crippen LogP) is 3.52. The summed E-state index contributed by atoms with van der Waals surface area (Å²) in [5, 5.41) is 11.4. The van der Waals surface area contributed by atoms with Crippen LogP contribution in [0, 0.1) is 36.8 Å². The van der Waals surface area contributed by atoms with Gasteiger partial charge in [0.2, 0.25) is 0 Å². The second-order valence-corrected chi connectivity index (χ2v) is 6.84. The molecule has 1 aliphatic carbocycles. The van der Waals surface area contributed by atoms with E-state index in [9.17, 15) is 24.5 Å². The summed E-state index contributed by atoms with van der Waals surface area (Å²) in [6, 6.07) is 1.73. The average Bonchev–Trinajstić information content (AvgIpc) is 2.45. The molecule has 0 aliphatic heterocycles. The maximum atomic E-state index is 12.4. The summed E-state index contributed by atoms with van der Waals surface area (Å²) >= 11 is 0. The minimum atomic E-state index is -1.14. The molecule has 25 heavy (non-hydrogen) atoms. The summed E-state index contributed by atoms with van der Waals surface area (Å²) in [6.07, 6.45) is 0.976. The van der Waals surface area contributed by atoms with Crippen LogP contribution in [0.3, 0.4) is 0 Å². The fourth-order valence-electron chi connectivity index (χ4n) is 4.03. The molecule has 0 aromatic heterocycles. The standard InChI is InChI=1S/C19H23NO5/c1-5-6-14(21)18-15(22)8-13(9-16(18)23)17-10(2)7-11(3)19(12(17)4)20(24)25/h7,13,18H,5-6,8-9H2,1-4H3. The van der Waals surface area contributed by atoms with E-state index in [1.54, 1.807) is 19.9 Å². The van der Waals surface area contributed by atoms with Crippen molar-refractivity contribution in [1.29, 1.82) is 0 Å². The zero-order chi connectivity index (χ0) is 18.9. The summed E-state index contributed by atoms with van der Waals surface area (Å²) < 4.78 is 0. The highest BCUT2D eigenvalue weighted by molar-refractivity contribution is 6.21. The van der Waals surface area contributed by atoms with Gasteiger partial charge in [0.1, 0.15) is 5.92 Å². The average molecular weight is 345 g/mol. The van der Waals surface area contributed by atoms with E-state index in [1.165, 1.54) is 0 Å². The van der Waals surface area contributed by atoms with Crippen LogP contribution in [0.2, 0.25) is 0 Å². The number of aryl methyl sites for hydroxylation is 2. The third-order valence-electron chi connectivity index (χ3n) is 4.94. The van der Waals surface area contributed by atoms with E-state index in [1.807, 2.05) is 13.8 Å². The lowest BCUT2D eigenvalue weighted by Crippen LogP contribution is -2.38. The van der Waals surface area contributed by atoms with E-state index >= 15 is 0 Å². The van der Waals surface area contributed by atoms with Crippen LogP contribution in [-0.2, 0) is 14.4 Å². The van der Waals surface area contributed by atoms with Gasteiger partial charge in [-0.2, -0.15) is 0 Å². The SMILES string of the molecule is CCCC(=O)C1C(=O)CC(c2c(C)cc(C)c([N+](=O)[O-])c2C)CC1=O. The third-order valence-corrected chi connectivity index (χ3v) is 4.94. The topological polar surface area (TPSA) is 94.3 Å². The van der Waals surface area contributed by atoms with Crippen LogP contribution in [0.5, 0.6) is 0 Å². The summed E-state index contributed by atoms with van der Waals surface area (Å²) in [4.78, 5) is 47.9. The second-order valence-electron chi connectivity index (χ2n) is 6.84. The Morgan fingerprint density at radius 2 is 1.72 bits per heavy atom. The number of nitro benzene ring substituents is 1. The van der Waals surface area contributed by atoms with Gasteiger partial charge in [-0.3, -0.25) is 24.5 Å². The fourth-order valence-corrected chi connectivity index (χ4v) is 4.03. The number of carbonyl (C=O) groups is 3. The van der Waals surface area contributed by atoms with Crippen LogP contribution >= 0.6 is 0 Å². The number of nitro groups is 1. The van der Waals surface area contributed by atoms with Crippen LogP contribution in [0.4, 0.5) is 5.69 Å². The van der Waals surface area contributed by atoms with Crippen LogP contribution in [0.15, 0.2) is 6.07 Å². The first-order valence-corrected chi connectivity index (χ1v) is 8.52. The van der Waals surface area contributed by atoms with Gasteiger partial charge in [-0.05, 0) is 50.3 Å². The largest absolute Gasteiger partial charge is 0.298 e. The van der Waals surface area contributed by atoms with E-state index in [0.29, 0.717) is 23.1 Å². The molecule has 0 saturated heterocycles. The number of carbonyl (C=O) groups excluding carboxylic acids is 3. The zero-order valence-electron chi connectivity index (χ0n) is 15.0. The van der Waals surface area contributed by atoms with Gasteiger partial charge in [0.25, 0.3) is 5.69 Å². The smallest absolute Gasteiger partial charge is 0.275 e. The number of benzene rings is 1. The molecule has 0 unspecified atom stereocenters. The van der Waals surface area contributed by atoms with E-state index in [2.05, 4.69) is 0 Å². The van der Waals surface area contributed by atoms with Crippen molar-refractivity contribution in [3.8, 4) is 0 Å². The molecule has 6 heteroatoms. The maximum absolute atomic E-state index is 12.4. The molecule has 1 aromatic carbocycles. The summed E-state index contributed by atoms with van der Waals surface area (Å²) in [6.45, 7) is 7.01. The van der Waals surface area contributed by atoms with Crippen molar-refractivity contribution < 1.29 is 19.3 Å². The van der Waals surface area contributed by atoms with Crippen molar-refractivity contribution in [2.45, 2.75) is 59.3 Å². The normalized spacial score (nSPS) is 20.6. The van der Waals surface area contributed by atoms with Crippen molar-refractivity contribution in [1.82, 2.24) is 0 Å². The van der Waals surface area contributed by atoms with Gasteiger partial charge in [0.05, 0.1) is 4.92 Å². The summed E-state index contributed by atoms with van der Waals surface area (Å²) in [5.41, 5.74) is 2.63. The number of ketones is 3. The molecule has 1 fully saturated rings. The van der Waals surface area contributed by atoms with Crippen LogP contribution in [0.1, 0.15) is 60.8 Å². The molecule has 0 atom stereocenters. The molecular weight excluding hydrogens is 322 g/mol. The molecule has 0 spiro atoms. The molecule has 0 radical (unpaired) electrons. The molecule has 6 nitrogen and oxygen atoms in total. The highest BCUT2D eigenvalue weighted by Gasteiger charge is 2.41. The second kappa shape index (κ2) is 7.25. The monoisotopic (exact) mass is 345 g/mol. The van der Waals surface area contributed by atoms with Crippen LogP contribution < -0.4 is 0 Å². The molecule has 1 saturated carbocycles. The minimum absolute atomic E-state index is 0.0321. The first-order chi connectivity index (χ1) is 11.7. The Hall–Kier alpha value is -2.37. The first kappa shape index (κ1) is 19.0. The van der Waals surface area contributed by atoms with Gasteiger partial charge >= 0.3 is 0 Å². The molecule has 1 aliphatic rings. The van der Waals surface area contributed by atoms with Crippen LogP contribution in [0.25, 0.3) is 0 Å². The number of Topliss-reactive ketones (excluding diaryl/α,β-unsaturated/α-hetero) is 3. The van der Waals surface area contributed by atoms with Gasteiger partial charge in [-0.15, -0.1) is 0 Å². The number of hydrogen-bond acceptors (Lipinski definition) is 5. The Morgan fingerprint density at radius 3 is 2.20 bits per heavy atom. The molecule has 0 amide bonds. The van der Waals surface area contributed by atoms with Crippen molar-refractivity contribution in [3.05, 3.63) is 38.4 Å². The molecule has 2 rings (SSSR count). The molecular formula is C19H23NO5. The third kappa shape index (κ3) is 3.52. The Kier molecular flexibility index (Phi) is 5.50.